The van der Waals surface area contributed by atoms with Crippen molar-refractivity contribution in [2.24, 2.45) is 0 Å². The summed E-state index contributed by atoms with van der Waals surface area (Å²) in [5, 5.41) is 0. The van der Waals surface area contributed by atoms with Crippen molar-refractivity contribution < 1.29 is 22.6 Å². The number of hydrogen-bond acceptors (Lipinski definition) is 3. The van der Waals surface area contributed by atoms with Crippen LogP contribution in [-0.4, -0.2) is 23.3 Å². The second-order valence-electron chi connectivity index (χ2n) is 5.43. The van der Waals surface area contributed by atoms with E-state index in [1.165, 1.54) is 11.7 Å². The highest BCUT2D eigenvalue weighted by atomic mass is 19.4. The molecule has 0 unspecified atom stereocenters. The minimum atomic E-state index is -4.50. The summed E-state index contributed by atoms with van der Waals surface area (Å²) in [5.41, 5.74) is 0.799. The maximum absolute atomic E-state index is 13.2. The molecule has 0 radical (unpaired) electrons. The number of para-hydroxylation sites is 4. The minimum absolute atomic E-state index is 0.157. The number of imidazole rings is 1. The zero-order valence-corrected chi connectivity index (χ0v) is 13.6. The third-order valence-electron chi connectivity index (χ3n) is 3.76. The van der Waals surface area contributed by atoms with Gasteiger partial charge in [0.1, 0.15) is 0 Å². The smallest absolute Gasteiger partial charge is 0.449 e. The van der Waals surface area contributed by atoms with Crippen molar-refractivity contribution in [1.82, 2.24) is 9.55 Å². The SMILES string of the molecule is COc1ccccc1OCCCn1c(C(F)(F)F)nc2ccccc21. The van der Waals surface area contributed by atoms with Crippen molar-refractivity contribution in [3.05, 3.63) is 54.4 Å². The number of methoxy groups -OCH3 is 1. The summed E-state index contributed by atoms with van der Waals surface area (Å²) in [5.74, 6) is 0.272. The minimum Gasteiger partial charge on any atom is -0.493 e. The van der Waals surface area contributed by atoms with Crippen molar-refractivity contribution in [2.75, 3.05) is 13.7 Å². The van der Waals surface area contributed by atoms with E-state index < -0.39 is 12.0 Å². The molecule has 0 N–H and O–H groups in total. The predicted molar refractivity (Wildman–Crippen MR) is 87.8 cm³/mol. The summed E-state index contributed by atoms with van der Waals surface area (Å²) in [7, 11) is 1.54. The quantitative estimate of drug-likeness (QED) is 0.613. The number of aromatic nitrogens is 2. The molecule has 25 heavy (non-hydrogen) atoms. The van der Waals surface area contributed by atoms with Gasteiger partial charge in [-0.25, -0.2) is 4.98 Å². The molecule has 0 aliphatic rings. The van der Waals surface area contributed by atoms with Crippen molar-refractivity contribution >= 4 is 11.0 Å². The van der Waals surface area contributed by atoms with E-state index in [0.717, 1.165) is 0 Å². The number of rotatable bonds is 6. The average molecular weight is 350 g/mol. The highest BCUT2D eigenvalue weighted by Crippen LogP contribution is 2.31. The zero-order valence-electron chi connectivity index (χ0n) is 13.6. The lowest BCUT2D eigenvalue weighted by molar-refractivity contribution is -0.147. The van der Waals surface area contributed by atoms with E-state index in [1.807, 2.05) is 12.1 Å². The molecule has 7 heteroatoms. The number of fused-ring (bicyclic) bond motifs is 1. The lowest BCUT2D eigenvalue weighted by atomic mass is 10.3. The first-order valence-electron chi connectivity index (χ1n) is 7.79. The van der Waals surface area contributed by atoms with Crippen LogP contribution in [0.4, 0.5) is 13.2 Å². The van der Waals surface area contributed by atoms with E-state index in [9.17, 15) is 13.2 Å². The maximum atomic E-state index is 13.2. The molecule has 0 bridgehead atoms. The molecular formula is C18H17F3N2O2. The molecule has 0 atom stereocenters. The van der Waals surface area contributed by atoms with Gasteiger partial charge in [0.15, 0.2) is 11.5 Å². The fourth-order valence-corrected chi connectivity index (χ4v) is 2.66. The first kappa shape index (κ1) is 17.1. The average Bonchev–Trinajstić information content (AvgIpc) is 2.98. The van der Waals surface area contributed by atoms with E-state index in [-0.39, 0.29) is 13.2 Å². The molecule has 2 aromatic carbocycles. The Hall–Kier alpha value is -2.70. The number of alkyl halides is 3. The molecule has 0 saturated carbocycles. The Bertz CT molecular complexity index is 859. The molecule has 0 aliphatic heterocycles. The third kappa shape index (κ3) is 3.70. The van der Waals surface area contributed by atoms with Gasteiger partial charge in [-0.3, -0.25) is 0 Å². The van der Waals surface area contributed by atoms with Crippen LogP contribution in [0.1, 0.15) is 12.2 Å². The second kappa shape index (κ2) is 7.04. The second-order valence-corrected chi connectivity index (χ2v) is 5.43. The molecular weight excluding hydrogens is 333 g/mol. The Morgan fingerprint density at radius 2 is 1.68 bits per heavy atom. The monoisotopic (exact) mass is 350 g/mol. The topological polar surface area (TPSA) is 36.3 Å². The van der Waals surface area contributed by atoms with E-state index in [1.54, 1.807) is 36.4 Å². The summed E-state index contributed by atoms with van der Waals surface area (Å²) < 4.78 is 51.7. The van der Waals surface area contributed by atoms with Crippen molar-refractivity contribution in [3.8, 4) is 11.5 Å². The van der Waals surface area contributed by atoms with Crippen LogP contribution in [0.2, 0.25) is 0 Å². The molecule has 1 heterocycles. The summed E-state index contributed by atoms with van der Waals surface area (Å²) >= 11 is 0. The van der Waals surface area contributed by atoms with Crippen LogP contribution in [-0.2, 0) is 12.7 Å². The summed E-state index contributed by atoms with van der Waals surface area (Å²) in [4.78, 5) is 3.73. The Balaban J connectivity index is 1.73. The van der Waals surface area contributed by atoms with Gasteiger partial charge in [0, 0.05) is 6.54 Å². The molecule has 4 nitrogen and oxygen atoms in total. The normalized spacial score (nSPS) is 11.7. The lowest BCUT2D eigenvalue weighted by Crippen LogP contribution is -2.16. The Morgan fingerprint density at radius 1 is 1.00 bits per heavy atom. The number of ether oxygens (including phenoxy) is 2. The molecule has 3 rings (SSSR count). The standard InChI is InChI=1S/C18H17F3N2O2/c1-24-15-9-4-5-10-16(15)25-12-6-11-23-14-8-3-2-7-13(14)22-17(23)18(19,20)21/h2-5,7-10H,6,11-12H2,1H3. The van der Waals surface area contributed by atoms with Gasteiger partial charge in [0.25, 0.3) is 0 Å². The molecule has 0 saturated heterocycles. The van der Waals surface area contributed by atoms with Gasteiger partial charge in [-0.2, -0.15) is 13.2 Å². The van der Waals surface area contributed by atoms with Crippen LogP contribution in [0.3, 0.4) is 0 Å². The third-order valence-corrected chi connectivity index (χ3v) is 3.76. The van der Waals surface area contributed by atoms with Crippen molar-refractivity contribution in [3.63, 3.8) is 0 Å². The summed E-state index contributed by atoms with van der Waals surface area (Å²) in [6.45, 7) is 0.425. The van der Waals surface area contributed by atoms with E-state index in [0.29, 0.717) is 29.0 Å². The van der Waals surface area contributed by atoms with Crippen LogP contribution >= 0.6 is 0 Å². The first-order chi connectivity index (χ1) is 12.0. The number of benzene rings is 2. The fraction of sp³-hybridized carbons (Fsp3) is 0.278. The molecule has 0 spiro atoms. The molecule has 1 aromatic heterocycles. The predicted octanol–water partition coefficient (Wildman–Crippen LogP) is 4.53. The largest absolute Gasteiger partial charge is 0.493 e. The van der Waals surface area contributed by atoms with Crippen LogP contribution < -0.4 is 9.47 Å². The lowest BCUT2D eigenvalue weighted by Gasteiger charge is -2.13. The molecule has 132 valence electrons. The molecule has 0 fully saturated rings. The van der Waals surface area contributed by atoms with Crippen LogP contribution in [0.25, 0.3) is 11.0 Å². The molecule has 0 amide bonds. The highest BCUT2D eigenvalue weighted by molar-refractivity contribution is 5.76. The first-order valence-corrected chi connectivity index (χ1v) is 7.79. The number of halogens is 3. The maximum Gasteiger partial charge on any atom is 0.449 e. The van der Waals surface area contributed by atoms with Gasteiger partial charge in [-0.1, -0.05) is 24.3 Å². The van der Waals surface area contributed by atoms with E-state index in [2.05, 4.69) is 4.98 Å². The summed E-state index contributed by atoms with van der Waals surface area (Å²) in [6, 6.07) is 13.7. The van der Waals surface area contributed by atoms with Gasteiger partial charge in [-0.05, 0) is 30.7 Å². The van der Waals surface area contributed by atoms with Gasteiger partial charge in [0.2, 0.25) is 5.82 Å². The van der Waals surface area contributed by atoms with Crippen LogP contribution in [0, 0.1) is 0 Å². The van der Waals surface area contributed by atoms with Crippen molar-refractivity contribution in [2.45, 2.75) is 19.1 Å². The Morgan fingerprint density at radius 3 is 2.40 bits per heavy atom. The number of aryl methyl sites for hydroxylation is 1. The highest BCUT2D eigenvalue weighted by Gasteiger charge is 2.37. The summed E-state index contributed by atoms with van der Waals surface area (Å²) in [6.07, 6.45) is -4.09. The van der Waals surface area contributed by atoms with E-state index in [4.69, 9.17) is 9.47 Å². The van der Waals surface area contributed by atoms with Crippen LogP contribution in [0.15, 0.2) is 48.5 Å². The fourth-order valence-electron chi connectivity index (χ4n) is 2.66. The number of hydrogen-bond donors (Lipinski definition) is 0. The Kier molecular flexibility index (Phi) is 4.83. The van der Waals surface area contributed by atoms with E-state index >= 15 is 0 Å². The van der Waals surface area contributed by atoms with Gasteiger partial charge in [0.05, 0.1) is 24.8 Å². The van der Waals surface area contributed by atoms with Gasteiger partial charge < -0.3 is 14.0 Å². The molecule has 3 aromatic rings. The van der Waals surface area contributed by atoms with Gasteiger partial charge in [-0.15, -0.1) is 0 Å². The van der Waals surface area contributed by atoms with Crippen LogP contribution in [0.5, 0.6) is 11.5 Å². The Labute approximate surface area is 142 Å². The van der Waals surface area contributed by atoms with Crippen molar-refractivity contribution in [1.29, 1.82) is 0 Å². The number of nitrogens with zero attached hydrogens (tertiary/aromatic N) is 2. The molecule has 0 aliphatic carbocycles. The van der Waals surface area contributed by atoms with Gasteiger partial charge >= 0.3 is 6.18 Å². The zero-order chi connectivity index (χ0) is 17.9.